The van der Waals surface area contributed by atoms with Gasteiger partial charge < -0.3 is 20.9 Å². The SMILES string of the molecule is CC1(C)CC(Nc2cc(-n3c4ccccc4c4c(-c5cnc6ccccc6c5)cccc43)cnc2C(N)=O)CC(C)(C)N1. The van der Waals surface area contributed by atoms with E-state index in [2.05, 4.69) is 102 Å². The van der Waals surface area contributed by atoms with Crippen LogP contribution in [0.2, 0.25) is 0 Å². The standard InChI is InChI=1S/C36H36N6O/c1-35(2)18-24(19-36(3,4)41-35)40-29-17-25(21-39-33(29)34(37)43)42-30-14-8-6-11-27(30)32-26(12-9-15-31(32)42)23-16-22-10-5-7-13-28(22)38-20-23/h5-17,20-21,24,40-41H,18-19H2,1-4H3,(H2,37,43). The highest BCUT2D eigenvalue weighted by Crippen LogP contribution is 2.39. The summed E-state index contributed by atoms with van der Waals surface area (Å²) in [4.78, 5) is 21.9. The molecule has 0 aliphatic carbocycles. The zero-order valence-electron chi connectivity index (χ0n) is 25.0. The van der Waals surface area contributed by atoms with E-state index in [9.17, 15) is 4.79 Å². The van der Waals surface area contributed by atoms with Crippen molar-refractivity contribution >= 4 is 44.3 Å². The number of fused-ring (bicyclic) bond motifs is 4. The van der Waals surface area contributed by atoms with Crippen LogP contribution in [0, 0.1) is 0 Å². The van der Waals surface area contributed by atoms with Crippen LogP contribution in [-0.4, -0.2) is 37.6 Å². The fraction of sp³-hybridized carbons (Fsp3) is 0.250. The fourth-order valence-corrected chi connectivity index (χ4v) is 7.28. The number of amides is 1. The molecule has 1 amide bonds. The van der Waals surface area contributed by atoms with Gasteiger partial charge in [-0.1, -0.05) is 48.5 Å². The van der Waals surface area contributed by atoms with E-state index in [1.807, 2.05) is 30.5 Å². The van der Waals surface area contributed by atoms with Gasteiger partial charge in [0.15, 0.2) is 5.69 Å². The number of aromatic nitrogens is 3. The van der Waals surface area contributed by atoms with Gasteiger partial charge in [-0.15, -0.1) is 0 Å². The van der Waals surface area contributed by atoms with Crippen molar-refractivity contribution in [1.29, 1.82) is 0 Å². The summed E-state index contributed by atoms with van der Waals surface area (Å²) in [5, 5.41) is 10.8. The van der Waals surface area contributed by atoms with Crippen molar-refractivity contribution in [3.05, 3.63) is 97.0 Å². The molecule has 4 N–H and O–H groups in total. The maximum atomic E-state index is 12.5. The average Bonchev–Trinajstić information content (AvgIpc) is 3.30. The molecule has 6 aromatic rings. The van der Waals surface area contributed by atoms with E-state index < -0.39 is 5.91 Å². The Hall–Kier alpha value is -4.75. The zero-order chi connectivity index (χ0) is 29.9. The van der Waals surface area contributed by atoms with Crippen molar-refractivity contribution in [3.63, 3.8) is 0 Å². The second-order valence-electron chi connectivity index (χ2n) is 13.1. The Labute approximate surface area is 251 Å². The minimum atomic E-state index is -0.546. The summed E-state index contributed by atoms with van der Waals surface area (Å²) in [6.45, 7) is 8.86. The Morgan fingerprint density at radius 3 is 2.40 bits per heavy atom. The van der Waals surface area contributed by atoms with E-state index in [0.29, 0.717) is 5.69 Å². The summed E-state index contributed by atoms with van der Waals surface area (Å²) in [7, 11) is 0. The van der Waals surface area contributed by atoms with Gasteiger partial charge in [-0.2, -0.15) is 0 Å². The molecule has 4 heterocycles. The number of hydrogen-bond donors (Lipinski definition) is 3. The third-order valence-corrected chi connectivity index (χ3v) is 8.51. The lowest BCUT2D eigenvalue weighted by Crippen LogP contribution is -2.60. The summed E-state index contributed by atoms with van der Waals surface area (Å²) in [6.07, 6.45) is 5.50. The molecule has 0 saturated carbocycles. The van der Waals surface area contributed by atoms with Crippen LogP contribution in [0.1, 0.15) is 51.0 Å². The maximum Gasteiger partial charge on any atom is 0.269 e. The smallest absolute Gasteiger partial charge is 0.269 e. The number of carbonyl (C=O) groups excluding carboxylic acids is 1. The molecule has 1 aliphatic heterocycles. The van der Waals surface area contributed by atoms with Crippen molar-refractivity contribution in [2.24, 2.45) is 5.73 Å². The summed E-state index contributed by atoms with van der Waals surface area (Å²) in [6, 6.07) is 27.4. The van der Waals surface area contributed by atoms with Crippen LogP contribution in [0.3, 0.4) is 0 Å². The number of piperidine rings is 1. The van der Waals surface area contributed by atoms with Gasteiger partial charge in [0.25, 0.3) is 5.91 Å². The number of nitrogens with one attached hydrogen (secondary N) is 2. The Balaban J connectivity index is 1.40. The van der Waals surface area contributed by atoms with Crippen LogP contribution in [0.5, 0.6) is 0 Å². The molecule has 7 rings (SSSR count). The summed E-state index contributed by atoms with van der Waals surface area (Å²) in [5.74, 6) is -0.546. The molecular formula is C36H36N6O. The van der Waals surface area contributed by atoms with Crippen molar-refractivity contribution in [1.82, 2.24) is 19.9 Å². The van der Waals surface area contributed by atoms with E-state index in [-0.39, 0.29) is 22.8 Å². The Morgan fingerprint density at radius 1 is 0.884 bits per heavy atom. The van der Waals surface area contributed by atoms with Crippen LogP contribution >= 0.6 is 0 Å². The first-order valence-corrected chi connectivity index (χ1v) is 14.8. The summed E-state index contributed by atoms with van der Waals surface area (Å²) in [5.41, 5.74) is 12.7. The molecule has 216 valence electrons. The molecule has 7 heteroatoms. The topological polar surface area (TPSA) is 97.9 Å². The van der Waals surface area contributed by atoms with Gasteiger partial charge in [0.2, 0.25) is 0 Å². The molecule has 1 aliphatic rings. The number of rotatable bonds is 5. The molecule has 3 aromatic carbocycles. The molecule has 0 unspecified atom stereocenters. The number of hydrogen-bond acceptors (Lipinski definition) is 5. The van der Waals surface area contributed by atoms with Gasteiger partial charge in [-0.05, 0) is 76.4 Å². The maximum absolute atomic E-state index is 12.5. The molecule has 43 heavy (non-hydrogen) atoms. The summed E-state index contributed by atoms with van der Waals surface area (Å²) < 4.78 is 2.22. The molecule has 7 nitrogen and oxygen atoms in total. The lowest BCUT2D eigenvalue weighted by Gasteiger charge is -2.47. The predicted molar refractivity (Wildman–Crippen MR) is 176 cm³/mol. The number of carbonyl (C=O) groups is 1. The lowest BCUT2D eigenvalue weighted by molar-refractivity contribution is 0.0996. The van der Waals surface area contributed by atoms with Gasteiger partial charge in [0.05, 0.1) is 34.1 Å². The normalized spacial score (nSPS) is 16.6. The number of benzene rings is 3. The first kappa shape index (κ1) is 27.1. The monoisotopic (exact) mass is 568 g/mol. The lowest BCUT2D eigenvalue weighted by atomic mass is 9.79. The molecular weight excluding hydrogens is 532 g/mol. The van der Waals surface area contributed by atoms with Gasteiger partial charge in [0.1, 0.15) is 0 Å². The number of para-hydroxylation sites is 2. The van der Waals surface area contributed by atoms with E-state index in [1.54, 1.807) is 6.20 Å². The first-order chi connectivity index (χ1) is 20.6. The molecule has 1 fully saturated rings. The van der Waals surface area contributed by atoms with Crippen LogP contribution in [0.15, 0.2) is 91.3 Å². The largest absolute Gasteiger partial charge is 0.380 e. The van der Waals surface area contributed by atoms with Crippen molar-refractivity contribution in [2.45, 2.75) is 57.7 Å². The molecule has 0 atom stereocenters. The third-order valence-electron chi connectivity index (χ3n) is 8.51. The number of anilines is 1. The minimum absolute atomic E-state index is 0.0573. The van der Waals surface area contributed by atoms with E-state index >= 15 is 0 Å². The van der Waals surface area contributed by atoms with Gasteiger partial charge >= 0.3 is 0 Å². The Kier molecular flexibility index (Phi) is 6.25. The summed E-state index contributed by atoms with van der Waals surface area (Å²) >= 11 is 0. The highest BCUT2D eigenvalue weighted by molar-refractivity contribution is 6.16. The number of nitrogens with zero attached hydrogens (tertiary/aromatic N) is 3. The Bertz CT molecular complexity index is 2020. The van der Waals surface area contributed by atoms with Crippen LogP contribution in [0.25, 0.3) is 49.5 Å². The number of pyridine rings is 2. The highest BCUT2D eigenvalue weighted by Gasteiger charge is 2.38. The number of nitrogens with two attached hydrogens (primary N) is 1. The van der Waals surface area contributed by atoms with Crippen molar-refractivity contribution in [3.8, 4) is 16.8 Å². The zero-order valence-corrected chi connectivity index (χ0v) is 25.0. The van der Waals surface area contributed by atoms with Crippen LogP contribution < -0.4 is 16.4 Å². The van der Waals surface area contributed by atoms with Gasteiger partial charge in [-0.3, -0.25) is 9.78 Å². The van der Waals surface area contributed by atoms with Crippen molar-refractivity contribution in [2.75, 3.05) is 5.32 Å². The molecule has 0 spiro atoms. The van der Waals surface area contributed by atoms with Crippen molar-refractivity contribution < 1.29 is 4.79 Å². The quantitative estimate of drug-likeness (QED) is 0.204. The fourth-order valence-electron chi connectivity index (χ4n) is 7.28. The third kappa shape index (κ3) is 4.89. The second kappa shape index (κ2) is 9.92. The number of primary amides is 1. The van der Waals surface area contributed by atoms with Crippen LogP contribution in [-0.2, 0) is 0 Å². The molecule has 0 bridgehead atoms. The van der Waals surface area contributed by atoms with E-state index in [0.717, 1.165) is 62.4 Å². The first-order valence-electron chi connectivity index (χ1n) is 14.8. The van der Waals surface area contributed by atoms with Gasteiger partial charge in [-0.25, -0.2) is 4.98 Å². The second-order valence-corrected chi connectivity index (χ2v) is 13.1. The highest BCUT2D eigenvalue weighted by atomic mass is 16.1. The van der Waals surface area contributed by atoms with E-state index in [4.69, 9.17) is 10.7 Å². The van der Waals surface area contributed by atoms with Crippen LogP contribution in [0.4, 0.5) is 5.69 Å². The van der Waals surface area contributed by atoms with Gasteiger partial charge in [0, 0.05) is 45.0 Å². The predicted octanol–water partition coefficient (Wildman–Crippen LogP) is 7.21. The molecule has 0 radical (unpaired) electrons. The molecule has 1 saturated heterocycles. The molecule has 3 aromatic heterocycles. The minimum Gasteiger partial charge on any atom is -0.380 e. The Morgan fingerprint density at radius 2 is 1.60 bits per heavy atom. The van der Waals surface area contributed by atoms with E-state index in [1.165, 1.54) is 0 Å². The average molecular weight is 569 g/mol.